The average molecular weight is 335 g/mol. The standard InChI is InChI=1S/C18H29N3O3/c22-17(23)11-14(8-4-7-13-5-2-1-3-6-13)18-20-16(21-24-18)12-19-15-9-10-15/h13-15,19H,1-12H2,(H,22,23). The molecule has 2 aliphatic carbocycles. The normalized spacial score (nSPS) is 20.2. The van der Waals surface area contributed by atoms with Crippen LogP contribution in [0.3, 0.4) is 0 Å². The van der Waals surface area contributed by atoms with Gasteiger partial charge in [0.15, 0.2) is 5.82 Å². The van der Waals surface area contributed by atoms with Gasteiger partial charge in [0.2, 0.25) is 5.89 Å². The molecule has 1 unspecified atom stereocenters. The molecule has 6 heteroatoms. The van der Waals surface area contributed by atoms with Crippen LogP contribution in [-0.4, -0.2) is 27.3 Å². The quantitative estimate of drug-likeness (QED) is 0.679. The lowest BCUT2D eigenvalue weighted by atomic mass is 9.84. The first-order chi connectivity index (χ1) is 11.7. The average Bonchev–Trinajstić information content (AvgIpc) is 3.29. The number of hydrogen-bond donors (Lipinski definition) is 2. The lowest BCUT2D eigenvalue weighted by molar-refractivity contribution is -0.137. The summed E-state index contributed by atoms with van der Waals surface area (Å²) in [6, 6.07) is 0.595. The van der Waals surface area contributed by atoms with E-state index in [1.807, 2.05) is 0 Å². The highest BCUT2D eigenvalue weighted by Gasteiger charge is 2.24. The van der Waals surface area contributed by atoms with Crippen molar-refractivity contribution in [1.29, 1.82) is 0 Å². The minimum Gasteiger partial charge on any atom is -0.481 e. The molecule has 1 heterocycles. The SMILES string of the molecule is O=C(O)CC(CCCC1CCCCC1)c1nc(CNC2CC2)no1. The second-order valence-corrected chi connectivity index (χ2v) is 7.43. The first-order valence-corrected chi connectivity index (χ1v) is 9.48. The van der Waals surface area contributed by atoms with E-state index in [0.29, 0.717) is 24.3 Å². The molecule has 1 aromatic rings. The minimum atomic E-state index is -0.798. The van der Waals surface area contributed by atoms with E-state index < -0.39 is 5.97 Å². The summed E-state index contributed by atoms with van der Waals surface area (Å²) in [6.45, 7) is 0.607. The van der Waals surface area contributed by atoms with Crippen LogP contribution in [0, 0.1) is 5.92 Å². The minimum absolute atomic E-state index is 0.0718. The van der Waals surface area contributed by atoms with Crippen molar-refractivity contribution in [2.24, 2.45) is 5.92 Å². The number of carbonyl (C=O) groups is 1. The molecule has 0 saturated heterocycles. The van der Waals surface area contributed by atoms with E-state index >= 15 is 0 Å². The molecular formula is C18H29N3O3. The van der Waals surface area contributed by atoms with E-state index in [2.05, 4.69) is 15.5 Å². The number of aromatic nitrogens is 2. The summed E-state index contributed by atoms with van der Waals surface area (Å²) in [7, 11) is 0. The van der Waals surface area contributed by atoms with Crippen molar-refractivity contribution in [1.82, 2.24) is 15.5 Å². The number of hydrogen-bond acceptors (Lipinski definition) is 5. The summed E-state index contributed by atoms with van der Waals surface area (Å²) in [5, 5.41) is 16.5. The van der Waals surface area contributed by atoms with Gasteiger partial charge < -0.3 is 14.9 Å². The van der Waals surface area contributed by atoms with Crippen molar-refractivity contribution < 1.29 is 14.4 Å². The molecular weight excluding hydrogens is 306 g/mol. The molecule has 0 aliphatic heterocycles. The second kappa shape index (κ2) is 8.60. The molecule has 0 bridgehead atoms. The van der Waals surface area contributed by atoms with Crippen LogP contribution in [0.5, 0.6) is 0 Å². The molecule has 134 valence electrons. The summed E-state index contributed by atoms with van der Waals surface area (Å²) in [5.41, 5.74) is 0. The number of carboxylic acids is 1. The van der Waals surface area contributed by atoms with Gasteiger partial charge in [-0.2, -0.15) is 4.98 Å². The van der Waals surface area contributed by atoms with Crippen molar-refractivity contribution in [3.8, 4) is 0 Å². The van der Waals surface area contributed by atoms with Gasteiger partial charge >= 0.3 is 5.97 Å². The zero-order valence-corrected chi connectivity index (χ0v) is 14.4. The second-order valence-electron chi connectivity index (χ2n) is 7.43. The monoisotopic (exact) mass is 335 g/mol. The van der Waals surface area contributed by atoms with Crippen LogP contribution >= 0.6 is 0 Å². The summed E-state index contributed by atoms with van der Waals surface area (Å²) in [6.07, 6.45) is 12.3. The van der Waals surface area contributed by atoms with Crippen LogP contribution in [0.1, 0.15) is 88.3 Å². The van der Waals surface area contributed by atoms with E-state index in [4.69, 9.17) is 4.52 Å². The Hall–Kier alpha value is -1.43. The Kier molecular flexibility index (Phi) is 6.24. The number of carboxylic acid groups (broad SMARTS) is 1. The first-order valence-electron chi connectivity index (χ1n) is 9.48. The van der Waals surface area contributed by atoms with Gasteiger partial charge in [0.05, 0.1) is 13.0 Å². The van der Waals surface area contributed by atoms with Gasteiger partial charge in [-0.05, 0) is 25.2 Å². The molecule has 1 atom stereocenters. The molecule has 2 aliphatic rings. The van der Waals surface area contributed by atoms with Crippen molar-refractivity contribution in [3.05, 3.63) is 11.7 Å². The fraction of sp³-hybridized carbons (Fsp3) is 0.833. The van der Waals surface area contributed by atoms with Crippen LogP contribution < -0.4 is 5.32 Å². The predicted molar refractivity (Wildman–Crippen MR) is 89.6 cm³/mol. The third kappa shape index (κ3) is 5.58. The van der Waals surface area contributed by atoms with E-state index in [1.165, 1.54) is 51.4 Å². The zero-order chi connectivity index (χ0) is 16.8. The smallest absolute Gasteiger partial charge is 0.304 e. The zero-order valence-electron chi connectivity index (χ0n) is 14.4. The van der Waals surface area contributed by atoms with Gasteiger partial charge in [0, 0.05) is 12.0 Å². The van der Waals surface area contributed by atoms with Crippen molar-refractivity contribution in [3.63, 3.8) is 0 Å². The lowest BCUT2D eigenvalue weighted by Crippen LogP contribution is -2.16. The summed E-state index contributed by atoms with van der Waals surface area (Å²) < 4.78 is 5.36. The maximum Gasteiger partial charge on any atom is 0.304 e. The van der Waals surface area contributed by atoms with Gasteiger partial charge in [0.25, 0.3) is 0 Å². The van der Waals surface area contributed by atoms with Gasteiger partial charge in [-0.25, -0.2) is 0 Å². The van der Waals surface area contributed by atoms with Crippen molar-refractivity contribution >= 4 is 5.97 Å². The first kappa shape index (κ1) is 17.4. The summed E-state index contributed by atoms with van der Waals surface area (Å²) in [5.74, 6) is 1.00. The van der Waals surface area contributed by atoms with Crippen LogP contribution in [0.2, 0.25) is 0 Å². The van der Waals surface area contributed by atoms with E-state index in [-0.39, 0.29) is 12.3 Å². The molecule has 24 heavy (non-hydrogen) atoms. The number of nitrogens with one attached hydrogen (secondary N) is 1. The fourth-order valence-electron chi connectivity index (χ4n) is 3.68. The van der Waals surface area contributed by atoms with Crippen molar-refractivity contribution in [2.45, 2.75) is 89.1 Å². The molecule has 0 radical (unpaired) electrons. The highest BCUT2D eigenvalue weighted by atomic mass is 16.5. The van der Waals surface area contributed by atoms with Crippen LogP contribution in [0.4, 0.5) is 0 Å². The molecule has 1 aromatic heterocycles. The topological polar surface area (TPSA) is 88.2 Å². The Bertz CT molecular complexity index is 521. The maximum atomic E-state index is 11.2. The highest BCUT2D eigenvalue weighted by Crippen LogP contribution is 2.31. The number of nitrogens with zero attached hydrogens (tertiary/aromatic N) is 2. The largest absolute Gasteiger partial charge is 0.481 e. The lowest BCUT2D eigenvalue weighted by Gasteiger charge is -2.21. The van der Waals surface area contributed by atoms with Gasteiger partial charge in [0.1, 0.15) is 0 Å². The Morgan fingerprint density at radius 3 is 2.75 bits per heavy atom. The molecule has 2 N–H and O–H groups in total. The molecule has 2 fully saturated rings. The Labute approximate surface area is 143 Å². The van der Waals surface area contributed by atoms with Crippen LogP contribution in [0.15, 0.2) is 4.52 Å². The third-order valence-corrected chi connectivity index (χ3v) is 5.27. The van der Waals surface area contributed by atoms with Gasteiger partial charge in [-0.1, -0.05) is 50.1 Å². The third-order valence-electron chi connectivity index (χ3n) is 5.27. The van der Waals surface area contributed by atoms with Gasteiger partial charge in [-0.15, -0.1) is 0 Å². The molecule has 6 nitrogen and oxygen atoms in total. The highest BCUT2D eigenvalue weighted by molar-refractivity contribution is 5.67. The molecule has 2 saturated carbocycles. The van der Waals surface area contributed by atoms with E-state index in [1.54, 1.807) is 0 Å². The predicted octanol–water partition coefficient (Wildman–Crippen LogP) is 3.63. The van der Waals surface area contributed by atoms with Crippen molar-refractivity contribution in [2.75, 3.05) is 0 Å². The van der Waals surface area contributed by atoms with Gasteiger partial charge in [-0.3, -0.25) is 4.79 Å². The number of rotatable bonds is 10. The Morgan fingerprint density at radius 1 is 1.25 bits per heavy atom. The fourth-order valence-corrected chi connectivity index (χ4v) is 3.68. The maximum absolute atomic E-state index is 11.2. The molecule has 0 amide bonds. The Balaban J connectivity index is 1.49. The molecule has 0 spiro atoms. The molecule has 0 aromatic carbocycles. The van der Waals surface area contributed by atoms with Crippen LogP contribution in [0.25, 0.3) is 0 Å². The summed E-state index contributed by atoms with van der Waals surface area (Å²) in [4.78, 5) is 15.6. The summed E-state index contributed by atoms with van der Waals surface area (Å²) >= 11 is 0. The number of aliphatic carboxylic acids is 1. The molecule has 3 rings (SSSR count). The van der Waals surface area contributed by atoms with E-state index in [9.17, 15) is 9.90 Å². The Morgan fingerprint density at radius 2 is 2.04 bits per heavy atom. The van der Waals surface area contributed by atoms with E-state index in [0.717, 1.165) is 18.8 Å². The van der Waals surface area contributed by atoms with Crippen LogP contribution in [-0.2, 0) is 11.3 Å².